The Kier molecular flexibility index (Phi) is 9.73. The first-order valence-corrected chi connectivity index (χ1v) is 8.40. The van der Waals surface area contributed by atoms with E-state index in [1.54, 1.807) is 14.1 Å². The maximum atomic E-state index is 12.4. The van der Waals surface area contributed by atoms with Crippen molar-refractivity contribution in [2.45, 2.75) is 52.6 Å². The molecule has 0 radical (unpaired) electrons. The highest BCUT2D eigenvalue weighted by Gasteiger charge is 2.25. The average molecular weight is 355 g/mol. The third-order valence-corrected chi connectivity index (χ3v) is 3.30. The minimum atomic E-state index is -0.770. The Hall–Kier alpha value is -2.16. The summed E-state index contributed by atoms with van der Waals surface area (Å²) in [6.07, 6.45) is 0.968. The van der Waals surface area contributed by atoms with Gasteiger partial charge in [-0.2, -0.15) is 4.99 Å². The van der Waals surface area contributed by atoms with Crippen LogP contribution in [0.3, 0.4) is 0 Å². The third-order valence-electron chi connectivity index (χ3n) is 3.30. The van der Waals surface area contributed by atoms with Crippen LogP contribution < -0.4 is 22.1 Å². The van der Waals surface area contributed by atoms with Gasteiger partial charge in [0, 0.05) is 14.1 Å². The molecule has 0 saturated carbocycles. The van der Waals surface area contributed by atoms with E-state index in [1.807, 2.05) is 27.7 Å². The summed E-state index contributed by atoms with van der Waals surface area (Å²) in [5, 5.41) is 12.7. The molecule has 0 aromatic carbocycles. The van der Waals surface area contributed by atoms with Gasteiger partial charge in [0.2, 0.25) is 23.7 Å². The fourth-order valence-electron chi connectivity index (χ4n) is 2.05. The van der Waals surface area contributed by atoms with Gasteiger partial charge in [0.15, 0.2) is 0 Å². The van der Waals surface area contributed by atoms with Gasteiger partial charge in [0.1, 0.15) is 6.04 Å². The summed E-state index contributed by atoms with van der Waals surface area (Å²) in [5.41, 5.74) is 11.5. The first kappa shape index (κ1) is 22.8. The number of guanidine groups is 2. The molecule has 7 N–H and O–H groups in total. The van der Waals surface area contributed by atoms with Crippen molar-refractivity contribution >= 4 is 23.7 Å². The molecule has 2 unspecified atom stereocenters. The van der Waals surface area contributed by atoms with Crippen molar-refractivity contribution in [3.8, 4) is 0 Å². The molecule has 144 valence electrons. The molecule has 2 atom stereocenters. The largest absolute Gasteiger partial charge is 0.369 e. The minimum Gasteiger partial charge on any atom is -0.369 e. The molecule has 0 aliphatic carbocycles. The van der Waals surface area contributed by atoms with Crippen LogP contribution in [0.25, 0.3) is 0 Å². The zero-order valence-corrected chi connectivity index (χ0v) is 16.1. The Morgan fingerprint density at radius 3 is 2.04 bits per heavy atom. The molecule has 0 aromatic heterocycles. The molecule has 0 saturated heterocycles. The van der Waals surface area contributed by atoms with Gasteiger partial charge < -0.3 is 21.7 Å². The molecule has 0 fully saturated rings. The normalized spacial score (nSPS) is 14.2. The molecule has 9 heteroatoms. The molecule has 0 spiro atoms. The predicted octanol–water partition coefficient (Wildman–Crippen LogP) is -0.182. The molecular weight excluding hydrogens is 322 g/mol. The number of carbonyl (C=O) groups excluding carboxylic acids is 2. The first-order valence-electron chi connectivity index (χ1n) is 8.40. The monoisotopic (exact) mass is 355 g/mol. The Balaban J connectivity index is 4.99. The van der Waals surface area contributed by atoms with E-state index in [1.165, 1.54) is 4.90 Å². The molecule has 0 aliphatic rings. The van der Waals surface area contributed by atoms with Gasteiger partial charge in [-0.1, -0.05) is 27.7 Å². The highest BCUT2D eigenvalue weighted by molar-refractivity contribution is 6.03. The number of hydrogen-bond donors (Lipinski definition) is 5. The SMILES string of the molecule is CC(C)CC(N)C(=O)NC(CC(C)C)C(=O)NC(N)=NC(=N)N(C)C. The molecule has 0 aromatic rings. The van der Waals surface area contributed by atoms with Crippen molar-refractivity contribution in [3.05, 3.63) is 0 Å². The van der Waals surface area contributed by atoms with Crippen molar-refractivity contribution in [2.75, 3.05) is 14.1 Å². The standard InChI is InChI=1S/C16H33N7O2/c1-9(2)7-11(17)13(24)20-12(8-10(3)4)14(25)21-15(18)22-16(19)23(5)6/h9-12H,7-8,17H2,1-6H3,(H,20,24)(H4,18,19,21,22,25). The van der Waals surface area contributed by atoms with Crippen LogP contribution in [0.4, 0.5) is 0 Å². The second-order valence-corrected chi connectivity index (χ2v) is 7.13. The summed E-state index contributed by atoms with van der Waals surface area (Å²) in [7, 11) is 3.28. The lowest BCUT2D eigenvalue weighted by Crippen LogP contribution is -2.54. The second kappa shape index (κ2) is 10.7. The quantitative estimate of drug-likeness (QED) is 0.317. The van der Waals surface area contributed by atoms with Gasteiger partial charge in [0.25, 0.3) is 0 Å². The molecule has 0 bridgehead atoms. The van der Waals surface area contributed by atoms with Crippen molar-refractivity contribution < 1.29 is 9.59 Å². The predicted molar refractivity (Wildman–Crippen MR) is 100.0 cm³/mol. The summed E-state index contributed by atoms with van der Waals surface area (Å²) < 4.78 is 0. The maximum absolute atomic E-state index is 12.4. The number of carbonyl (C=O) groups is 2. The van der Waals surface area contributed by atoms with Crippen LogP contribution in [0.1, 0.15) is 40.5 Å². The zero-order valence-electron chi connectivity index (χ0n) is 16.1. The molecule has 0 rings (SSSR count). The third kappa shape index (κ3) is 9.65. The van der Waals surface area contributed by atoms with Gasteiger partial charge in [-0.05, 0) is 24.7 Å². The van der Waals surface area contributed by atoms with E-state index < -0.39 is 18.0 Å². The molecule has 2 amide bonds. The van der Waals surface area contributed by atoms with Crippen LogP contribution in [0, 0.1) is 17.2 Å². The van der Waals surface area contributed by atoms with Gasteiger partial charge in [0.05, 0.1) is 6.04 Å². The highest BCUT2D eigenvalue weighted by Crippen LogP contribution is 2.07. The lowest BCUT2D eigenvalue weighted by molar-refractivity contribution is -0.129. The van der Waals surface area contributed by atoms with E-state index in [2.05, 4.69) is 15.6 Å². The van der Waals surface area contributed by atoms with E-state index in [9.17, 15) is 9.59 Å². The van der Waals surface area contributed by atoms with Crippen LogP contribution in [-0.4, -0.2) is 54.8 Å². The van der Waals surface area contributed by atoms with Crippen LogP contribution in [0.2, 0.25) is 0 Å². The Bertz CT molecular complexity index is 501. The lowest BCUT2D eigenvalue weighted by Gasteiger charge is -2.22. The van der Waals surface area contributed by atoms with Crippen LogP contribution in [0.15, 0.2) is 4.99 Å². The van der Waals surface area contributed by atoms with E-state index in [4.69, 9.17) is 16.9 Å². The zero-order chi connectivity index (χ0) is 19.7. The summed E-state index contributed by atoms with van der Waals surface area (Å²) in [6, 6.07) is -1.44. The number of amides is 2. The Morgan fingerprint density at radius 2 is 1.60 bits per heavy atom. The number of rotatable bonds is 7. The Morgan fingerprint density at radius 1 is 1.08 bits per heavy atom. The van der Waals surface area contributed by atoms with Crippen molar-refractivity contribution in [2.24, 2.45) is 28.3 Å². The number of hydrogen-bond acceptors (Lipinski definition) is 4. The van der Waals surface area contributed by atoms with Crippen LogP contribution in [-0.2, 0) is 9.59 Å². The lowest BCUT2D eigenvalue weighted by atomic mass is 10.0. The first-order chi connectivity index (χ1) is 11.4. The summed E-state index contributed by atoms with van der Waals surface area (Å²) >= 11 is 0. The second-order valence-electron chi connectivity index (χ2n) is 7.13. The Labute approximate surface area is 150 Å². The molecular formula is C16H33N7O2. The molecule has 0 heterocycles. The maximum Gasteiger partial charge on any atom is 0.249 e. The smallest absolute Gasteiger partial charge is 0.249 e. The van der Waals surface area contributed by atoms with Gasteiger partial charge in [-0.15, -0.1) is 0 Å². The average Bonchev–Trinajstić information content (AvgIpc) is 2.44. The van der Waals surface area contributed by atoms with Crippen molar-refractivity contribution in [1.29, 1.82) is 5.41 Å². The summed E-state index contributed by atoms with van der Waals surface area (Å²) in [5.74, 6) is -0.689. The number of aliphatic imine (C=N–C) groups is 1. The highest BCUT2D eigenvalue weighted by atomic mass is 16.2. The van der Waals surface area contributed by atoms with E-state index in [0.29, 0.717) is 12.8 Å². The van der Waals surface area contributed by atoms with Crippen molar-refractivity contribution in [3.63, 3.8) is 0 Å². The number of nitrogens with two attached hydrogens (primary N) is 2. The molecule has 0 aliphatic heterocycles. The fourth-order valence-corrected chi connectivity index (χ4v) is 2.05. The van der Waals surface area contributed by atoms with Crippen LogP contribution >= 0.6 is 0 Å². The van der Waals surface area contributed by atoms with E-state index >= 15 is 0 Å². The van der Waals surface area contributed by atoms with Gasteiger partial charge in [-0.25, -0.2) is 0 Å². The summed E-state index contributed by atoms with van der Waals surface area (Å²) in [4.78, 5) is 29.8. The van der Waals surface area contributed by atoms with Gasteiger partial charge in [-0.3, -0.25) is 20.3 Å². The van der Waals surface area contributed by atoms with E-state index in [-0.39, 0.29) is 29.7 Å². The van der Waals surface area contributed by atoms with E-state index in [0.717, 1.165) is 0 Å². The van der Waals surface area contributed by atoms with Crippen molar-refractivity contribution in [1.82, 2.24) is 15.5 Å². The molecule has 9 nitrogen and oxygen atoms in total. The summed E-state index contributed by atoms with van der Waals surface area (Å²) in [6.45, 7) is 7.84. The fraction of sp³-hybridized carbons (Fsp3) is 0.750. The van der Waals surface area contributed by atoms with Gasteiger partial charge >= 0.3 is 0 Å². The number of nitrogens with zero attached hydrogens (tertiary/aromatic N) is 2. The number of nitrogens with one attached hydrogen (secondary N) is 3. The van der Waals surface area contributed by atoms with Crippen LogP contribution in [0.5, 0.6) is 0 Å². The topological polar surface area (TPSA) is 150 Å². The molecule has 25 heavy (non-hydrogen) atoms. The minimum absolute atomic E-state index is 0.0961.